The Morgan fingerprint density at radius 1 is 0.714 bits per heavy atom. The van der Waals surface area contributed by atoms with Crippen molar-refractivity contribution in [2.45, 2.75) is 58.4 Å². The zero-order valence-electron chi connectivity index (χ0n) is 16.0. The van der Waals surface area contributed by atoms with Crippen LogP contribution in [0.2, 0.25) is 0 Å². The van der Waals surface area contributed by atoms with Gasteiger partial charge in [0.2, 0.25) is 12.4 Å². The van der Waals surface area contributed by atoms with Crippen molar-refractivity contribution in [1.82, 2.24) is 0 Å². The molecule has 158 valence electrons. The molecule has 1 saturated heterocycles. The molecule has 0 aromatic rings. The van der Waals surface area contributed by atoms with Gasteiger partial charge in [-0.1, -0.05) is 0 Å². The number of carbonyl (C=O) groups excluding carboxylic acids is 5. The van der Waals surface area contributed by atoms with E-state index in [1.807, 2.05) is 0 Å². The van der Waals surface area contributed by atoms with E-state index in [1.165, 1.54) is 0 Å². The predicted molar refractivity (Wildman–Crippen MR) is 85.4 cm³/mol. The summed E-state index contributed by atoms with van der Waals surface area (Å²) in [4.78, 5) is 57.3. The topological polar surface area (TPSA) is 150 Å². The second-order valence-electron chi connectivity index (χ2n) is 5.64. The van der Waals surface area contributed by atoms with Crippen LogP contribution < -0.4 is 0 Å². The summed E-state index contributed by atoms with van der Waals surface area (Å²) in [7, 11) is 1.03. The largest absolute Gasteiger partial charge is 0.508 e. The Labute approximate surface area is 160 Å². The third-order valence-electron chi connectivity index (χ3n) is 3.33. The molecule has 1 aliphatic heterocycles. The van der Waals surface area contributed by atoms with E-state index < -0.39 is 67.3 Å². The molecule has 0 aliphatic carbocycles. The Morgan fingerprint density at radius 2 is 1.25 bits per heavy atom. The van der Waals surface area contributed by atoms with Gasteiger partial charge >= 0.3 is 30.0 Å². The van der Waals surface area contributed by atoms with Crippen molar-refractivity contribution in [1.29, 1.82) is 0 Å². The van der Waals surface area contributed by atoms with Crippen LogP contribution >= 0.6 is 0 Å². The fourth-order valence-corrected chi connectivity index (χ4v) is 2.41. The summed E-state index contributed by atoms with van der Waals surface area (Å²) in [5, 5.41) is 0. The van der Waals surface area contributed by atoms with E-state index in [1.54, 1.807) is 0 Å². The fraction of sp³-hybridized carbons (Fsp3) is 0.688. The molecule has 1 aliphatic rings. The number of hydrogen-bond acceptors (Lipinski definition) is 12. The van der Waals surface area contributed by atoms with Crippen molar-refractivity contribution in [3.8, 4) is 0 Å². The molecule has 5 atom stereocenters. The van der Waals surface area contributed by atoms with E-state index in [0.29, 0.717) is 0 Å². The van der Waals surface area contributed by atoms with Crippen molar-refractivity contribution < 1.29 is 57.1 Å². The maximum absolute atomic E-state index is 11.6. The highest BCUT2D eigenvalue weighted by atomic mass is 16.8. The van der Waals surface area contributed by atoms with Crippen molar-refractivity contribution in [3.63, 3.8) is 0 Å². The molecular weight excluding hydrogens is 384 g/mol. The van der Waals surface area contributed by atoms with Crippen LogP contribution in [0.4, 0.5) is 4.79 Å². The zero-order chi connectivity index (χ0) is 21.4. The maximum atomic E-state index is 11.6. The lowest BCUT2D eigenvalue weighted by molar-refractivity contribution is -0.298. The lowest BCUT2D eigenvalue weighted by Crippen LogP contribution is -2.63. The summed E-state index contributed by atoms with van der Waals surface area (Å²) in [5.41, 5.74) is 0. The minimum absolute atomic E-state index is 0.423. The van der Waals surface area contributed by atoms with Gasteiger partial charge in [-0.25, -0.2) is 4.79 Å². The van der Waals surface area contributed by atoms with Crippen molar-refractivity contribution in [2.24, 2.45) is 0 Å². The number of ether oxygens (including phenoxy) is 7. The smallest absolute Gasteiger partial charge is 0.463 e. The Morgan fingerprint density at radius 3 is 1.71 bits per heavy atom. The minimum atomic E-state index is -1.56. The van der Waals surface area contributed by atoms with E-state index in [9.17, 15) is 24.0 Å². The van der Waals surface area contributed by atoms with Gasteiger partial charge in [-0.05, 0) is 0 Å². The van der Waals surface area contributed by atoms with Crippen LogP contribution in [0, 0.1) is 0 Å². The van der Waals surface area contributed by atoms with Crippen LogP contribution in [0.25, 0.3) is 0 Å². The molecule has 1 rings (SSSR count). The van der Waals surface area contributed by atoms with Crippen molar-refractivity contribution in [3.05, 3.63) is 0 Å². The molecule has 12 nitrogen and oxygen atoms in total. The van der Waals surface area contributed by atoms with Gasteiger partial charge in [-0.3, -0.25) is 19.2 Å². The van der Waals surface area contributed by atoms with Crippen LogP contribution in [-0.2, 0) is 52.3 Å². The molecule has 28 heavy (non-hydrogen) atoms. The predicted octanol–water partition coefficient (Wildman–Crippen LogP) is -0.147. The van der Waals surface area contributed by atoms with Gasteiger partial charge < -0.3 is 33.2 Å². The van der Waals surface area contributed by atoms with Crippen LogP contribution in [0.5, 0.6) is 0 Å². The summed E-state index contributed by atoms with van der Waals surface area (Å²) < 4.78 is 35.1. The second kappa shape index (κ2) is 10.4. The molecule has 0 spiro atoms. The molecule has 0 bridgehead atoms. The van der Waals surface area contributed by atoms with E-state index in [-0.39, 0.29) is 0 Å². The molecule has 0 aromatic heterocycles. The summed E-state index contributed by atoms with van der Waals surface area (Å²) >= 11 is 0. The zero-order valence-corrected chi connectivity index (χ0v) is 16.0. The van der Waals surface area contributed by atoms with Crippen LogP contribution in [-0.4, -0.2) is 74.5 Å². The van der Waals surface area contributed by atoms with Crippen LogP contribution in [0.3, 0.4) is 0 Å². The Balaban J connectivity index is 3.31. The van der Waals surface area contributed by atoms with Gasteiger partial charge in [0, 0.05) is 27.7 Å². The molecule has 12 heteroatoms. The summed E-state index contributed by atoms with van der Waals surface area (Å²) in [5.74, 6) is -3.05. The van der Waals surface area contributed by atoms with E-state index in [4.69, 9.17) is 28.4 Å². The van der Waals surface area contributed by atoms with Gasteiger partial charge in [0.15, 0.2) is 12.2 Å². The highest BCUT2D eigenvalue weighted by Crippen LogP contribution is 2.30. The van der Waals surface area contributed by atoms with E-state index >= 15 is 0 Å². The third kappa shape index (κ3) is 7.02. The standard InChI is InChI=1S/C16H22O12/c1-7(17)23-6-11-12(24-8(2)18)13(25-9(3)19)14(28-16(21)22-5)15(27-11)26-10(4)20/h11-15H,6H2,1-5H3/t11-,12+,13+,14-,15+/m1/s1. The Kier molecular flexibility index (Phi) is 8.64. The Bertz CT molecular complexity index is 615. The number of carbonyl (C=O) groups is 5. The van der Waals surface area contributed by atoms with E-state index in [0.717, 1.165) is 34.8 Å². The van der Waals surface area contributed by atoms with E-state index in [2.05, 4.69) is 4.74 Å². The molecule has 0 aromatic carbocycles. The normalized spacial score (nSPS) is 26.4. The molecule has 1 fully saturated rings. The van der Waals surface area contributed by atoms with Crippen LogP contribution in [0.15, 0.2) is 0 Å². The first kappa shape index (κ1) is 23.1. The first-order valence-corrected chi connectivity index (χ1v) is 8.10. The molecule has 0 N–H and O–H groups in total. The van der Waals surface area contributed by atoms with Gasteiger partial charge in [0.05, 0.1) is 7.11 Å². The van der Waals surface area contributed by atoms with Crippen LogP contribution in [0.1, 0.15) is 27.7 Å². The molecule has 0 radical (unpaired) electrons. The summed E-state index contributed by atoms with van der Waals surface area (Å²) in [6.45, 7) is 3.94. The van der Waals surface area contributed by atoms with Gasteiger partial charge in [-0.2, -0.15) is 0 Å². The number of hydrogen-bond donors (Lipinski definition) is 0. The fourth-order valence-electron chi connectivity index (χ4n) is 2.41. The van der Waals surface area contributed by atoms with Gasteiger partial charge in [-0.15, -0.1) is 0 Å². The molecule has 0 saturated carbocycles. The SMILES string of the molecule is COC(=O)O[C@H]1[C@@H](OC(C)=O)O[C@H](COC(C)=O)[C@H](OC(C)=O)[C@@H]1OC(C)=O. The molecule has 1 heterocycles. The lowest BCUT2D eigenvalue weighted by Gasteiger charge is -2.43. The summed E-state index contributed by atoms with van der Waals surface area (Å²) in [6, 6.07) is 0. The quantitative estimate of drug-likeness (QED) is 0.426. The first-order valence-electron chi connectivity index (χ1n) is 8.10. The molecule has 0 unspecified atom stereocenters. The van der Waals surface area contributed by atoms with Gasteiger partial charge in [0.25, 0.3) is 0 Å². The van der Waals surface area contributed by atoms with Gasteiger partial charge in [0.1, 0.15) is 12.7 Å². The number of rotatable bonds is 6. The molecular formula is C16H22O12. The molecule has 0 amide bonds. The highest BCUT2D eigenvalue weighted by molar-refractivity contribution is 5.68. The number of methoxy groups -OCH3 is 1. The first-order chi connectivity index (χ1) is 13.0. The Hall–Kier alpha value is -2.89. The van der Waals surface area contributed by atoms with Crippen molar-refractivity contribution in [2.75, 3.05) is 13.7 Å². The third-order valence-corrected chi connectivity index (χ3v) is 3.33. The highest BCUT2D eigenvalue weighted by Gasteiger charge is 2.54. The minimum Gasteiger partial charge on any atom is -0.463 e. The lowest BCUT2D eigenvalue weighted by atomic mass is 9.98. The second-order valence-corrected chi connectivity index (χ2v) is 5.64. The van der Waals surface area contributed by atoms with Crippen molar-refractivity contribution >= 4 is 30.0 Å². The number of esters is 4. The maximum Gasteiger partial charge on any atom is 0.508 e. The summed E-state index contributed by atoms with van der Waals surface area (Å²) in [6.07, 6.45) is -8.27. The average molecular weight is 406 g/mol. The monoisotopic (exact) mass is 406 g/mol. The average Bonchev–Trinajstić information content (AvgIpc) is 2.56.